The Morgan fingerprint density at radius 3 is 2.06 bits per heavy atom. The van der Waals surface area contributed by atoms with E-state index in [4.69, 9.17) is 4.18 Å². The largest absolute Gasteiger partial charge is 0.382 e. The lowest BCUT2D eigenvalue weighted by atomic mass is 9.95. The van der Waals surface area contributed by atoms with Crippen LogP contribution in [0.1, 0.15) is 50.7 Å². The Balaban J connectivity index is 3.22. The summed E-state index contributed by atoms with van der Waals surface area (Å²) in [6, 6.07) is 5.68. The smallest absolute Gasteiger partial charge is 0.306 e. The van der Waals surface area contributed by atoms with Crippen molar-refractivity contribution in [2.75, 3.05) is 6.26 Å². The molecule has 4 heteroatoms. The lowest BCUT2D eigenvalue weighted by Gasteiger charge is -2.15. The molecule has 0 aromatic heterocycles. The first kappa shape index (κ1) is 14.0. The molecule has 0 radical (unpaired) electrons. The summed E-state index contributed by atoms with van der Waals surface area (Å²) in [5.41, 5.74) is 2.12. The quantitative estimate of drug-likeness (QED) is 0.776. The second-order valence-electron chi connectivity index (χ2n) is 4.89. The fourth-order valence-corrected chi connectivity index (χ4v) is 2.09. The second-order valence-corrected chi connectivity index (χ2v) is 6.47. The van der Waals surface area contributed by atoms with Gasteiger partial charge in [-0.3, -0.25) is 0 Å². The minimum absolute atomic E-state index is 0.227. The van der Waals surface area contributed by atoms with Crippen molar-refractivity contribution in [1.29, 1.82) is 0 Å². The average Bonchev–Trinajstić information content (AvgIpc) is 2.14. The lowest BCUT2D eigenvalue weighted by molar-refractivity contribution is 0.487. The van der Waals surface area contributed by atoms with Gasteiger partial charge in [0.1, 0.15) is 5.75 Å². The molecule has 1 aromatic rings. The molecule has 0 N–H and O–H groups in total. The van der Waals surface area contributed by atoms with Crippen LogP contribution in [0.2, 0.25) is 0 Å². The fourth-order valence-electron chi connectivity index (χ4n) is 1.62. The van der Waals surface area contributed by atoms with E-state index >= 15 is 0 Å². The van der Waals surface area contributed by atoms with E-state index < -0.39 is 10.1 Å². The first-order chi connectivity index (χ1) is 7.70. The standard InChI is InChI=1S/C13H20O3S/c1-9(2)11-6-7-13(16-17(5,14)15)12(8-11)10(3)4/h6-10H,1-5H3. The van der Waals surface area contributed by atoms with Gasteiger partial charge in [-0.2, -0.15) is 8.42 Å². The molecule has 0 aliphatic rings. The molecule has 96 valence electrons. The maximum absolute atomic E-state index is 11.2. The summed E-state index contributed by atoms with van der Waals surface area (Å²) in [6.45, 7) is 8.26. The van der Waals surface area contributed by atoms with Gasteiger partial charge in [0.2, 0.25) is 0 Å². The molecule has 0 amide bonds. The van der Waals surface area contributed by atoms with Gasteiger partial charge in [-0.05, 0) is 29.0 Å². The third-order valence-corrected chi connectivity index (χ3v) is 3.05. The van der Waals surface area contributed by atoms with E-state index in [1.165, 1.54) is 5.56 Å². The van der Waals surface area contributed by atoms with Crippen molar-refractivity contribution < 1.29 is 12.6 Å². The predicted octanol–water partition coefficient (Wildman–Crippen LogP) is 3.27. The van der Waals surface area contributed by atoms with Gasteiger partial charge in [0.15, 0.2) is 0 Å². The maximum Gasteiger partial charge on any atom is 0.306 e. The van der Waals surface area contributed by atoms with Gasteiger partial charge in [-0.1, -0.05) is 39.8 Å². The third-order valence-electron chi connectivity index (χ3n) is 2.56. The molecular formula is C13H20O3S. The molecule has 0 spiro atoms. The van der Waals surface area contributed by atoms with Gasteiger partial charge in [-0.25, -0.2) is 0 Å². The van der Waals surface area contributed by atoms with Gasteiger partial charge in [0, 0.05) is 0 Å². The third kappa shape index (κ3) is 4.04. The number of rotatable bonds is 4. The van der Waals surface area contributed by atoms with Gasteiger partial charge in [-0.15, -0.1) is 0 Å². The molecular weight excluding hydrogens is 236 g/mol. The van der Waals surface area contributed by atoms with Crippen molar-refractivity contribution >= 4 is 10.1 Å². The molecule has 0 saturated heterocycles. The van der Waals surface area contributed by atoms with Crippen molar-refractivity contribution in [2.24, 2.45) is 0 Å². The first-order valence-electron chi connectivity index (χ1n) is 5.74. The van der Waals surface area contributed by atoms with Crippen LogP contribution in [0.3, 0.4) is 0 Å². The van der Waals surface area contributed by atoms with Gasteiger partial charge in [0.25, 0.3) is 0 Å². The summed E-state index contributed by atoms with van der Waals surface area (Å²) in [7, 11) is -3.47. The molecule has 0 unspecified atom stereocenters. The normalized spacial score (nSPS) is 12.2. The molecule has 0 bridgehead atoms. The van der Waals surface area contributed by atoms with E-state index in [-0.39, 0.29) is 5.92 Å². The molecule has 0 aliphatic heterocycles. The zero-order chi connectivity index (χ0) is 13.2. The highest BCUT2D eigenvalue weighted by Gasteiger charge is 2.14. The fraction of sp³-hybridized carbons (Fsp3) is 0.538. The van der Waals surface area contributed by atoms with E-state index in [1.807, 2.05) is 26.0 Å². The molecule has 0 atom stereocenters. The molecule has 17 heavy (non-hydrogen) atoms. The van der Waals surface area contributed by atoms with Crippen LogP contribution in [0.15, 0.2) is 18.2 Å². The lowest BCUT2D eigenvalue weighted by Crippen LogP contribution is -2.08. The van der Waals surface area contributed by atoms with Gasteiger partial charge >= 0.3 is 10.1 Å². The van der Waals surface area contributed by atoms with Gasteiger partial charge < -0.3 is 4.18 Å². The Labute approximate surface area is 104 Å². The summed E-state index contributed by atoms with van der Waals surface area (Å²) >= 11 is 0. The summed E-state index contributed by atoms with van der Waals surface area (Å²) in [4.78, 5) is 0. The second kappa shape index (κ2) is 5.08. The predicted molar refractivity (Wildman–Crippen MR) is 70.1 cm³/mol. The maximum atomic E-state index is 11.2. The van der Waals surface area contributed by atoms with Crippen LogP contribution in [0.25, 0.3) is 0 Å². The Bertz CT molecular complexity index is 487. The van der Waals surface area contributed by atoms with Crippen LogP contribution in [0.5, 0.6) is 5.75 Å². The average molecular weight is 256 g/mol. The summed E-state index contributed by atoms with van der Waals surface area (Å²) in [6.07, 6.45) is 1.06. The Hall–Kier alpha value is -1.03. The monoisotopic (exact) mass is 256 g/mol. The highest BCUT2D eigenvalue weighted by atomic mass is 32.2. The summed E-state index contributed by atoms with van der Waals surface area (Å²) < 4.78 is 27.3. The molecule has 3 nitrogen and oxygen atoms in total. The van der Waals surface area contributed by atoms with E-state index in [0.29, 0.717) is 11.7 Å². The van der Waals surface area contributed by atoms with E-state index in [1.54, 1.807) is 6.07 Å². The van der Waals surface area contributed by atoms with Crippen LogP contribution in [0, 0.1) is 0 Å². The first-order valence-corrected chi connectivity index (χ1v) is 7.55. The van der Waals surface area contributed by atoms with Crippen LogP contribution in [-0.2, 0) is 10.1 Å². The minimum atomic E-state index is -3.47. The van der Waals surface area contributed by atoms with E-state index in [9.17, 15) is 8.42 Å². The molecule has 0 aliphatic carbocycles. The van der Waals surface area contributed by atoms with Crippen molar-refractivity contribution in [1.82, 2.24) is 0 Å². The van der Waals surface area contributed by atoms with E-state index in [0.717, 1.165) is 11.8 Å². The number of hydrogen-bond acceptors (Lipinski definition) is 3. The zero-order valence-corrected chi connectivity index (χ0v) is 11.8. The van der Waals surface area contributed by atoms with Crippen LogP contribution in [-0.4, -0.2) is 14.7 Å². The Morgan fingerprint density at radius 1 is 1.06 bits per heavy atom. The molecule has 1 rings (SSSR count). The molecule has 0 fully saturated rings. The molecule has 0 saturated carbocycles. The Morgan fingerprint density at radius 2 is 1.65 bits per heavy atom. The highest BCUT2D eigenvalue weighted by molar-refractivity contribution is 7.86. The summed E-state index contributed by atoms with van der Waals surface area (Å²) in [5, 5.41) is 0. The topological polar surface area (TPSA) is 43.4 Å². The van der Waals surface area contributed by atoms with Crippen LogP contribution >= 0.6 is 0 Å². The van der Waals surface area contributed by atoms with Crippen molar-refractivity contribution in [3.8, 4) is 5.75 Å². The molecule has 0 heterocycles. The van der Waals surface area contributed by atoms with Crippen molar-refractivity contribution in [2.45, 2.75) is 39.5 Å². The van der Waals surface area contributed by atoms with Crippen molar-refractivity contribution in [3.63, 3.8) is 0 Å². The minimum Gasteiger partial charge on any atom is -0.382 e. The highest BCUT2D eigenvalue weighted by Crippen LogP contribution is 2.30. The number of hydrogen-bond donors (Lipinski definition) is 0. The SMILES string of the molecule is CC(C)c1ccc(OS(C)(=O)=O)c(C(C)C)c1. The van der Waals surface area contributed by atoms with Crippen molar-refractivity contribution in [3.05, 3.63) is 29.3 Å². The number of benzene rings is 1. The van der Waals surface area contributed by atoms with E-state index in [2.05, 4.69) is 13.8 Å². The van der Waals surface area contributed by atoms with Crippen LogP contribution in [0.4, 0.5) is 0 Å². The van der Waals surface area contributed by atoms with Gasteiger partial charge in [0.05, 0.1) is 6.26 Å². The zero-order valence-electron chi connectivity index (χ0n) is 11.0. The Kier molecular flexibility index (Phi) is 4.20. The molecule has 1 aromatic carbocycles. The van der Waals surface area contributed by atoms with Crippen LogP contribution < -0.4 is 4.18 Å². The summed E-state index contributed by atoms with van der Waals surface area (Å²) in [5.74, 6) is 1.08.